The van der Waals surface area contributed by atoms with E-state index in [1.807, 2.05) is 23.9 Å². The van der Waals surface area contributed by atoms with Gasteiger partial charge in [0, 0.05) is 37.6 Å². The second kappa shape index (κ2) is 6.58. The smallest absolute Gasteiger partial charge is 0.273 e. The number of nitrogens with one attached hydrogen (secondary N) is 1. The molecule has 9 heteroatoms. The number of hydrogen-bond acceptors (Lipinski definition) is 6. The highest BCUT2D eigenvalue weighted by Gasteiger charge is 2.35. The van der Waals surface area contributed by atoms with Crippen molar-refractivity contribution in [2.75, 3.05) is 0 Å². The van der Waals surface area contributed by atoms with Gasteiger partial charge in [-0.3, -0.25) is 9.48 Å². The number of pyridine rings is 1. The molecule has 26 heavy (non-hydrogen) atoms. The number of nitrogens with zero attached hydrogens (tertiary/aromatic N) is 6. The minimum absolute atomic E-state index is 0.0418. The zero-order chi connectivity index (χ0) is 18.1. The van der Waals surface area contributed by atoms with Gasteiger partial charge < -0.3 is 15.0 Å². The van der Waals surface area contributed by atoms with Crippen molar-refractivity contribution in [1.29, 1.82) is 0 Å². The van der Waals surface area contributed by atoms with Gasteiger partial charge in [0.15, 0.2) is 11.5 Å². The number of hydrogen-bond donors (Lipinski definition) is 2. The van der Waals surface area contributed by atoms with Gasteiger partial charge in [0.05, 0.1) is 0 Å². The zero-order valence-corrected chi connectivity index (χ0v) is 14.3. The highest BCUT2D eigenvalue weighted by molar-refractivity contribution is 5.94. The average Bonchev–Trinajstić information content (AvgIpc) is 3.22. The van der Waals surface area contributed by atoms with E-state index in [2.05, 4.69) is 25.6 Å². The first kappa shape index (κ1) is 16.2. The van der Waals surface area contributed by atoms with Crippen molar-refractivity contribution in [3.63, 3.8) is 0 Å². The van der Waals surface area contributed by atoms with E-state index in [9.17, 15) is 9.90 Å². The lowest BCUT2D eigenvalue weighted by molar-refractivity contribution is 0.0898. The molecule has 1 amide bonds. The number of rotatable bonds is 5. The summed E-state index contributed by atoms with van der Waals surface area (Å²) in [5, 5.41) is 25.4. The van der Waals surface area contributed by atoms with Crippen LogP contribution in [0.5, 0.6) is 5.75 Å². The first-order valence-electron chi connectivity index (χ1n) is 8.42. The largest absolute Gasteiger partial charge is 0.505 e. The summed E-state index contributed by atoms with van der Waals surface area (Å²) < 4.78 is 3.80. The highest BCUT2D eigenvalue weighted by Crippen LogP contribution is 2.36. The summed E-state index contributed by atoms with van der Waals surface area (Å²) in [4.78, 5) is 16.1. The first-order valence-corrected chi connectivity index (χ1v) is 8.42. The summed E-state index contributed by atoms with van der Waals surface area (Å²) in [6.07, 6.45) is 6.67. The maximum absolute atomic E-state index is 12.2. The Hall–Kier alpha value is -3.23. The fraction of sp³-hybridized carbons (Fsp3) is 0.353. The third-order valence-corrected chi connectivity index (χ3v) is 4.70. The lowest BCUT2D eigenvalue weighted by atomic mass is 9.79. The van der Waals surface area contributed by atoms with E-state index < -0.39 is 0 Å². The summed E-state index contributed by atoms with van der Waals surface area (Å²) in [5.41, 5.74) is 0.0520. The van der Waals surface area contributed by atoms with Crippen LogP contribution >= 0.6 is 0 Å². The molecule has 1 aliphatic carbocycles. The van der Waals surface area contributed by atoms with E-state index >= 15 is 0 Å². The molecule has 0 aromatic carbocycles. The second-order valence-electron chi connectivity index (χ2n) is 6.45. The molecular formula is C17H19N7O2. The van der Waals surface area contributed by atoms with Crippen molar-refractivity contribution in [2.45, 2.75) is 31.3 Å². The Balaban J connectivity index is 1.36. The maximum atomic E-state index is 12.2. The molecule has 0 radical (unpaired) electrons. The summed E-state index contributed by atoms with van der Waals surface area (Å²) in [5.74, 6) is 1.54. The summed E-state index contributed by atoms with van der Waals surface area (Å²) in [6.45, 7) is 0.572. The van der Waals surface area contributed by atoms with Crippen LogP contribution in [0.3, 0.4) is 0 Å². The van der Waals surface area contributed by atoms with E-state index in [0.29, 0.717) is 6.54 Å². The van der Waals surface area contributed by atoms with Gasteiger partial charge in [-0.1, -0.05) is 0 Å². The highest BCUT2D eigenvalue weighted by atomic mass is 16.3. The number of carbonyl (C=O) groups is 1. The monoisotopic (exact) mass is 353 g/mol. The van der Waals surface area contributed by atoms with Crippen LogP contribution in [0.25, 0.3) is 0 Å². The van der Waals surface area contributed by atoms with Gasteiger partial charge in [-0.25, -0.2) is 4.98 Å². The molecule has 0 atom stereocenters. The van der Waals surface area contributed by atoms with Gasteiger partial charge >= 0.3 is 0 Å². The number of aromatic hydroxyl groups is 1. The van der Waals surface area contributed by atoms with E-state index in [1.165, 1.54) is 12.3 Å². The molecule has 0 unspecified atom stereocenters. The van der Waals surface area contributed by atoms with Gasteiger partial charge in [0.25, 0.3) is 5.91 Å². The fourth-order valence-electron chi connectivity index (χ4n) is 3.18. The van der Waals surface area contributed by atoms with Crippen LogP contribution in [0.2, 0.25) is 0 Å². The number of carbonyl (C=O) groups excluding carboxylic acids is 1. The molecule has 9 nitrogen and oxygen atoms in total. The Bertz CT molecular complexity index is 913. The van der Waals surface area contributed by atoms with E-state index in [0.717, 1.165) is 24.5 Å². The van der Waals surface area contributed by atoms with Crippen molar-refractivity contribution in [1.82, 2.24) is 34.8 Å². The third-order valence-electron chi connectivity index (χ3n) is 4.70. The van der Waals surface area contributed by atoms with Crippen LogP contribution in [0.4, 0.5) is 0 Å². The van der Waals surface area contributed by atoms with Gasteiger partial charge in [-0.15, -0.1) is 10.2 Å². The average molecular weight is 353 g/mol. The SMILES string of the molecule is Cn1c(Cn2cccn2)nnc1C1CC(NC(=O)c2ncccc2O)C1. The molecule has 134 valence electrons. The fourth-order valence-corrected chi connectivity index (χ4v) is 3.18. The Morgan fingerprint density at radius 2 is 2.15 bits per heavy atom. The number of aromatic nitrogens is 6. The molecule has 4 rings (SSSR count). The number of amides is 1. The second-order valence-corrected chi connectivity index (χ2v) is 6.45. The van der Waals surface area contributed by atoms with E-state index in [1.54, 1.807) is 16.9 Å². The molecule has 0 bridgehead atoms. The van der Waals surface area contributed by atoms with Gasteiger partial charge in [-0.05, 0) is 31.0 Å². The first-order chi connectivity index (χ1) is 12.6. The van der Waals surface area contributed by atoms with Crippen LogP contribution in [0.15, 0.2) is 36.8 Å². The van der Waals surface area contributed by atoms with Gasteiger partial charge in [-0.2, -0.15) is 5.10 Å². The standard InChI is InChI=1S/C17H19N7O2/c1-23-14(10-24-7-3-6-19-24)21-22-16(23)11-8-12(9-11)20-17(26)15-13(25)4-2-5-18-15/h2-7,11-12,25H,8-10H2,1H3,(H,20,26). The Morgan fingerprint density at radius 1 is 1.31 bits per heavy atom. The molecule has 3 aromatic heterocycles. The Morgan fingerprint density at radius 3 is 2.88 bits per heavy atom. The summed E-state index contributed by atoms with van der Waals surface area (Å²) in [6, 6.07) is 4.95. The van der Waals surface area contributed by atoms with E-state index in [4.69, 9.17) is 0 Å². The molecule has 0 saturated heterocycles. The molecule has 3 aromatic rings. The Labute approximate surface area is 149 Å². The van der Waals surface area contributed by atoms with Gasteiger partial charge in [0.2, 0.25) is 0 Å². The van der Waals surface area contributed by atoms with Crippen molar-refractivity contribution in [3.05, 3.63) is 54.1 Å². The summed E-state index contributed by atoms with van der Waals surface area (Å²) in [7, 11) is 1.95. The Kier molecular flexibility index (Phi) is 4.11. The van der Waals surface area contributed by atoms with Crippen LogP contribution in [0.1, 0.15) is 40.9 Å². The molecule has 2 N–H and O–H groups in total. The molecule has 1 aliphatic rings. The van der Waals surface area contributed by atoms with Crippen LogP contribution in [0, 0.1) is 0 Å². The molecule has 0 spiro atoms. The normalized spacial score (nSPS) is 19.1. The minimum Gasteiger partial charge on any atom is -0.505 e. The zero-order valence-electron chi connectivity index (χ0n) is 14.3. The van der Waals surface area contributed by atoms with Crippen LogP contribution < -0.4 is 5.32 Å². The predicted octanol–water partition coefficient (Wildman–Crippen LogP) is 0.836. The van der Waals surface area contributed by atoms with Crippen molar-refractivity contribution >= 4 is 5.91 Å². The lowest BCUT2D eigenvalue weighted by Gasteiger charge is -2.34. The molecular weight excluding hydrogens is 334 g/mol. The molecule has 1 saturated carbocycles. The van der Waals surface area contributed by atoms with Crippen LogP contribution in [-0.2, 0) is 13.6 Å². The predicted molar refractivity (Wildman–Crippen MR) is 91.5 cm³/mol. The van der Waals surface area contributed by atoms with Gasteiger partial charge in [0.1, 0.15) is 18.1 Å². The van der Waals surface area contributed by atoms with Crippen molar-refractivity contribution < 1.29 is 9.90 Å². The van der Waals surface area contributed by atoms with Crippen LogP contribution in [-0.4, -0.2) is 46.6 Å². The third kappa shape index (κ3) is 3.03. The van der Waals surface area contributed by atoms with Crippen molar-refractivity contribution in [3.8, 4) is 5.75 Å². The minimum atomic E-state index is -0.358. The topological polar surface area (TPSA) is 111 Å². The molecule has 1 fully saturated rings. The maximum Gasteiger partial charge on any atom is 0.273 e. The quantitative estimate of drug-likeness (QED) is 0.703. The summed E-state index contributed by atoms with van der Waals surface area (Å²) >= 11 is 0. The lowest BCUT2D eigenvalue weighted by Crippen LogP contribution is -2.44. The molecule has 3 heterocycles. The van der Waals surface area contributed by atoms with E-state index in [-0.39, 0.29) is 29.3 Å². The molecule has 0 aliphatic heterocycles. The van der Waals surface area contributed by atoms with Crippen molar-refractivity contribution in [2.24, 2.45) is 7.05 Å².